The Morgan fingerprint density at radius 2 is 1.97 bits per heavy atom. The summed E-state index contributed by atoms with van der Waals surface area (Å²) in [5.41, 5.74) is 1.51. The quantitative estimate of drug-likeness (QED) is 0.550. The number of anilines is 1. The van der Waals surface area contributed by atoms with Gasteiger partial charge in [-0.3, -0.25) is 4.79 Å². The average Bonchev–Trinajstić information content (AvgIpc) is 3.40. The van der Waals surface area contributed by atoms with Crippen molar-refractivity contribution in [2.24, 2.45) is 0 Å². The Hall–Kier alpha value is -2.49. The van der Waals surface area contributed by atoms with Crippen molar-refractivity contribution < 1.29 is 27.6 Å². The number of aromatic nitrogens is 1. The van der Waals surface area contributed by atoms with Crippen molar-refractivity contribution >= 4 is 34.2 Å². The van der Waals surface area contributed by atoms with Crippen LogP contribution >= 0.6 is 11.8 Å². The first-order chi connectivity index (χ1) is 14.2. The number of hydrogen-bond acceptors (Lipinski definition) is 7. The number of fused-ring (bicyclic) bond motifs is 1. The first-order valence-corrected chi connectivity index (χ1v) is 10.1. The van der Waals surface area contributed by atoms with Gasteiger partial charge < -0.3 is 19.3 Å². The van der Waals surface area contributed by atoms with E-state index in [0.717, 1.165) is 22.9 Å². The lowest BCUT2D eigenvalue weighted by Gasteiger charge is -2.17. The minimum atomic E-state index is -1.14. The number of benzene rings is 2. The molecule has 1 atom stereocenters. The SMILES string of the molecule is O=CSC[C@H](Cc1ccccc1)Nc1noc2c(F)c(F)c(C3OCCO3)cc12. The Bertz CT molecular complexity index is 993. The molecule has 3 aromatic rings. The van der Waals surface area contributed by atoms with E-state index in [0.29, 0.717) is 25.4 Å². The van der Waals surface area contributed by atoms with Gasteiger partial charge in [0.15, 0.2) is 23.5 Å². The van der Waals surface area contributed by atoms with Crippen LogP contribution in [0, 0.1) is 11.6 Å². The lowest BCUT2D eigenvalue weighted by Crippen LogP contribution is -2.25. The van der Waals surface area contributed by atoms with Crippen LogP contribution in [-0.2, 0) is 20.7 Å². The van der Waals surface area contributed by atoms with E-state index < -0.39 is 17.9 Å². The van der Waals surface area contributed by atoms with Crippen molar-refractivity contribution in [3.05, 3.63) is 59.2 Å². The van der Waals surface area contributed by atoms with Crippen LogP contribution in [0.2, 0.25) is 0 Å². The normalized spacial score (nSPS) is 15.7. The second-order valence-corrected chi connectivity index (χ2v) is 7.39. The van der Waals surface area contributed by atoms with Crippen LogP contribution in [0.15, 0.2) is 40.9 Å². The Labute approximate surface area is 169 Å². The van der Waals surface area contributed by atoms with Gasteiger partial charge in [0.2, 0.25) is 11.4 Å². The molecule has 4 rings (SSSR count). The van der Waals surface area contributed by atoms with Crippen LogP contribution in [0.3, 0.4) is 0 Å². The zero-order valence-corrected chi connectivity index (χ0v) is 16.1. The molecule has 1 fully saturated rings. The van der Waals surface area contributed by atoms with E-state index in [2.05, 4.69) is 10.5 Å². The van der Waals surface area contributed by atoms with Gasteiger partial charge >= 0.3 is 0 Å². The topological polar surface area (TPSA) is 73.6 Å². The van der Waals surface area contributed by atoms with Gasteiger partial charge in [-0.1, -0.05) is 47.3 Å². The van der Waals surface area contributed by atoms with Crippen molar-refractivity contribution in [1.29, 1.82) is 0 Å². The Morgan fingerprint density at radius 1 is 1.21 bits per heavy atom. The molecular formula is C20H18F2N2O4S. The van der Waals surface area contributed by atoms with Crippen molar-refractivity contribution in [2.45, 2.75) is 18.8 Å². The summed E-state index contributed by atoms with van der Waals surface area (Å²) >= 11 is 1.12. The van der Waals surface area contributed by atoms with Gasteiger partial charge in [-0.05, 0) is 18.1 Å². The van der Waals surface area contributed by atoms with Crippen molar-refractivity contribution in [2.75, 3.05) is 24.3 Å². The molecule has 2 heterocycles. The molecule has 0 saturated carbocycles. The third kappa shape index (κ3) is 4.26. The van der Waals surface area contributed by atoms with E-state index >= 15 is 0 Å². The Balaban J connectivity index is 1.65. The number of nitrogens with one attached hydrogen (secondary N) is 1. The zero-order chi connectivity index (χ0) is 20.2. The lowest BCUT2D eigenvalue weighted by atomic mass is 10.1. The summed E-state index contributed by atoms with van der Waals surface area (Å²) in [6, 6.07) is 11.0. The van der Waals surface area contributed by atoms with Crippen LogP contribution in [0.1, 0.15) is 17.4 Å². The summed E-state index contributed by atoms with van der Waals surface area (Å²) in [6.45, 7) is 0.612. The van der Waals surface area contributed by atoms with Crippen LogP contribution in [-0.4, -0.2) is 35.8 Å². The monoisotopic (exact) mass is 420 g/mol. The van der Waals surface area contributed by atoms with Crippen LogP contribution in [0.5, 0.6) is 0 Å². The number of hydrogen-bond donors (Lipinski definition) is 1. The highest BCUT2D eigenvalue weighted by Gasteiger charge is 2.28. The molecule has 152 valence electrons. The number of rotatable bonds is 8. The molecule has 1 saturated heterocycles. The van der Waals surface area contributed by atoms with E-state index in [4.69, 9.17) is 14.0 Å². The molecule has 2 aromatic carbocycles. The van der Waals surface area contributed by atoms with E-state index in [1.54, 1.807) is 0 Å². The third-order valence-corrected chi connectivity index (χ3v) is 5.31. The summed E-state index contributed by atoms with van der Waals surface area (Å²) in [7, 11) is 0. The van der Waals surface area contributed by atoms with Crippen LogP contribution < -0.4 is 5.32 Å². The molecule has 1 aliphatic rings. The summed E-state index contributed by atoms with van der Waals surface area (Å²) in [6.07, 6.45) is -0.357. The maximum atomic E-state index is 14.5. The number of thioether (sulfide) groups is 1. The smallest absolute Gasteiger partial charge is 0.207 e. The van der Waals surface area contributed by atoms with Crippen molar-refractivity contribution in [3.8, 4) is 0 Å². The molecule has 0 bridgehead atoms. The van der Waals surface area contributed by atoms with Gasteiger partial charge in [0.25, 0.3) is 0 Å². The van der Waals surface area contributed by atoms with Gasteiger partial charge in [0.05, 0.1) is 18.6 Å². The molecule has 0 unspecified atom stereocenters. The van der Waals surface area contributed by atoms with Gasteiger partial charge in [0.1, 0.15) is 0 Å². The minimum absolute atomic E-state index is 0.0411. The maximum absolute atomic E-state index is 14.5. The fraction of sp³-hybridized carbons (Fsp3) is 0.300. The molecule has 0 amide bonds. The first kappa shape index (κ1) is 19.8. The molecule has 9 heteroatoms. The molecule has 29 heavy (non-hydrogen) atoms. The van der Waals surface area contributed by atoms with Crippen molar-refractivity contribution in [3.63, 3.8) is 0 Å². The lowest BCUT2D eigenvalue weighted by molar-refractivity contribution is -0.0467. The molecule has 0 spiro atoms. The largest absolute Gasteiger partial charge is 0.363 e. The predicted molar refractivity (Wildman–Crippen MR) is 105 cm³/mol. The fourth-order valence-corrected chi connectivity index (χ4v) is 3.76. The summed E-state index contributed by atoms with van der Waals surface area (Å²) in [5.74, 6) is -1.48. The number of halogens is 2. The number of nitrogens with zero attached hydrogens (tertiary/aromatic N) is 1. The van der Waals surface area contributed by atoms with E-state index in [9.17, 15) is 13.6 Å². The van der Waals surface area contributed by atoms with Gasteiger partial charge in [-0.2, -0.15) is 4.39 Å². The average molecular weight is 420 g/mol. The standard InChI is InChI=1S/C20H18F2N2O4S/c21-16-14(20-26-6-7-27-20)9-15-18(17(16)22)28-24-19(15)23-13(10-29-11-25)8-12-4-2-1-3-5-12/h1-5,9,11,13,20H,6-8,10H2,(H,23,24)/t13-/m0/s1. The van der Waals surface area contributed by atoms with Crippen LogP contribution in [0.4, 0.5) is 14.6 Å². The fourth-order valence-electron chi connectivity index (χ4n) is 3.25. The van der Waals surface area contributed by atoms with E-state index in [1.807, 2.05) is 30.3 Å². The van der Waals surface area contributed by atoms with Crippen molar-refractivity contribution in [1.82, 2.24) is 5.16 Å². The van der Waals surface area contributed by atoms with E-state index in [-0.39, 0.29) is 28.4 Å². The second kappa shape index (κ2) is 8.89. The van der Waals surface area contributed by atoms with Gasteiger partial charge in [-0.15, -0.1) is 0 Å². The number of carbonyl (C=O) groups is 1. The molecular weight excluding hydrogens is 402 g/mol. The highest BCUT2D eigenvalue weighted by Crippen LogP contribution is 2.35. The molecule has 0 aliphatic carbocycles. The van der Waals surface area contributed by atoms with Gasteiger partial charge in [0, 0.05) is 17.4 Å². The highest BCUT2D eigenvalue weighted by atomic mass is 32.2. The summed E-state index contributed by atoms with van der Waals surface area (Å²) in [4.78, 5) is 10.8. The third-order valence-electron chi connectivity index (χ3n) is 4.58. The molecule has 1 aromatic heterocycles. The highest BCUT2D eigenvalue weighted by molar-refractivity contribution is 8.11. The summed E-state index contributed by atoms with van der Waals surface area (Å²) in [5, 5.41) is 7.36. The molecule has 1 N–H and O–H groups in total. The number of carbonyl (C=O) groups excluding carboxylic acids is 1. The minimum Gasteiger partial charge on any atom is -0.363 e. The number of ether oxygens (including phenoxy) is 2. The first-order valence-electron chi connectivity index (χ1n) is 9.03. The maximum Gasteiger partial charge on any atom is 0.207 e. The molecule has 1 aliphatic heterocycles. The van der Waals surface area contributed by atoms with Crippen LogP contribution in [0.25, 0.3) is 11.0 Å². The Kier molecular flexibility index (Phi) is 6.08. The molecule has 0 radical (unpaired) electrons. The molecule has 6 nitrogen and oxygen atoms in total. The predicted octanol–water partition coefficient (Wildman–Crippen LogP) is 4.10. The summed E-state index contributed by atoms with van der Waals surface area (Å²) < 4.78 is 44.6. The zero-order valence-electron chi connectivity index (χ0n) is 15.3. The van der Waals surface area contributed by atoms with Gasteiger partial charge in [-0.25, -0.2) is 4.39 Å². The van der Waals surface area contributed by atoms with E-state index in [1.165, 1.54) is 6.07 Å². The second-order valence-electron chi connectivity index (χ2n) is 6.54. The Morgan fingerprint density at radius 3 is 2.69 bits per heavy atom.